The molecule has 8 heteroatoms. The standard InChI is InChI=1S/C11H18F3N3O2/c1-3-4-15-8(7-18-2)5-10-16-9(17-19-10)6-11(12,13)14/h8,15H,3-7H2,1-2H3. The highest BCUT2D eigenvalue weighted by Gasteiger charge is 2.30. The molecule has 0 aliphatic rings. The summed E-state index contributed by atoms with van der Waals surface area (Å²) in [5.41, 5.74) is 0. The average Bonchev–Trinajstić information content (AvgIpc) is 2.71. The molecular weight excluding hydrogens is 263 g/mol. The van der Waals surface area contributed by atoms with Crippen molar-refractivity contribution in [1.82, 2.24) is 15.5 Å². The van der Waals surface area contributed by atoms with Crippen LogP contribution in [-0.2, 0) is 17.6 Å². The van der Waals surface area contributed by atoms with Gasteiger partial charge in [0, 0.05) is 19.6 Å². The van der Waals surface area contributed by atoms with Gasteiger partial charge in [-0.25, -0.2) is 0 Å². The van der Waals surface area contributed by atoms with Gasteiger partial charge in [0.25, 0.3) is 0 Å². The maximum atomic E-state index is 12.1. The Balaban J connectivity index is 2.54. The van der Waals surface area contributed by atoms with Gasteiger partial charge in [0.1, 0.15) is 6.42 Å². The minimum Gasteiger partial charge on any atom is -0.383 e. The largest absolute Gasteiger partial charge is 0.396 e. The van der Waals surface area contributed by atoms with E-state index in [1.165, 1.54) is 0 Å². The molecule has 1 rings (SSSR count). The molecule has 0 amide bonds. The Hall–Kier alpha value is -1.15. The van der Waals surface area contributed by atoms with Crippen LogP contribution in [0.25, 0.3) is 0 Å². The zero-order chi connectivity index (χ0) is 14.3. The molecule has 0 aromatic carbocycles. The van der Waals surface area contributed by atoms with Gasteiger partial charge >= 0.3 is 6.18 Å². The first-order valence-electron chi connectivity index (χ1n) is 6.05. The molecule has 0 saturated heterocycles. The van der Waals surface area contributed by atoms with Gasteiger partial charge in [-0.15, -0.1) is 0 Å². The molecule has 0 fully saturated rings. The molecule has 1 aromatic heterocycles. The number of hydrogen-bond acceptors (Lipinski definition) is 5. The predicted octanol–water partition coefficient (Wildman–Crippen LogP) is 1.73. The number of alkyl halides is 3. The summed E-state index contributed by atoms with van der Waals surface area (Å²) in [6.07, 6.45) is -4.20. The Labute approximate surface area is 109 Å². The highest BCUT2D eigenvalue weighted by Crippen LogP contribution is 2.19. The van der Waals surface area contributed by atoms with Gasteiger partial charge in [-0.1, -0.05) is 12.1 Å². The Morgan fingerprint density at radius 3 is 2.74 bits per heavy atom. The van der Waals surface area contributed by atoms with E-state index in [1.54, 1.807) is 7.11 Å². The second kappa shape index (κ2) is 7.44. The monoisotopic (exact) mass is 281 g/mol. The predicted molar refractivity (Wildman–Crippen MR) is 61.7 cm³/mol. The minimum atomic E-state index is -4.33. The lowest BCUT2D eigenvalue weighted by molar-refractivity contribution is -0.128. The molecule has 1 atom stereocenters. The molecule has 0 spiro atoms. The van der Waals surface area contributed by atoms with E-state index in [2.05, 4.69) is 15.5 Å². The summed E-state index contributed by atoms with van der Waals surface area (Å²) in [6.45, 7) is 3.24. The van der Waals surface area contributed by atoms with Gasteiger partial charge in [-0.2, -0.15) is 18.2 Å². The number of hydrogen-bond donors (Lipinski definition) is 1. The third kappa shape index (κ3) is 6.53. The first-order chi connectivity index (χ1) is 8.94. The minimum absolute atomic E-state index is 0.0517. The van der Waals surface area contributed by atoms with Crippen molar-refractivity contribution < 1.29 is 22.4 Å². The molecule has 19 heavy (non-hydrogen) atoms. The van der Waals surface area contributed by atoms with Crippen LogP contribution in [0.5, 0.6) is 0 Å². The third-order valence-electron chi connectivity index (χ3n) is 2.34. The molecule has 0 saturated carbocycles. The van der Waals surface area contributed by atoms with Crippen molar-refractivity contribution in [1.29, 1.82) is 0 Å². The van der Waals surface area contributed by atoms with E-state index in [4.69, 9.17) is 9.26 Å². The highest BCUT2D eigenvalue weighted by atomic mass is 19.4. The quantitative estimate of drug-likeness (QED) is 0.786. The molecule has 110 valence electrons. The maximum Gasteiger partial charge on any atom is 0.396 e. The van der Waals surface area contributed by atoms with Crippen molar-refractivity contribution in [2.24, 2.45) is 0 Å². The number of nitrogens with one attached hydrogen (secondary N) is 1. The van der Waals surface area contributed by atoms with Gasteiger partial charge in [0.05, 0.1) is 6.61 Å². The smallest absolute Gasteiger partial charge is 0.383 e. The van der Waals surface area contributed by atoms with Crippen LogP contribution in [0.3, 0.4) is 0 Å². The Bertz CT molecular complexity index is 368. The second-order valence-corrected chi connectivity index (χ2v) is 4.21. The number of rotatable bonds is 8. The van der Waals surface area contributed by atoms with E-state index in [0.29, 0.717) is 13.0 Å². The summed E-state index contributed by atoms with van der Waals surface area (Å²) >= 11 is 0. The normalized spacial score (nSPS) is 13.7. The fourth-order valence-corrected chi connectivity index (χ4v) is 1.57. The summed E-state index contributed by atoms with van der Waals surface area (Å²) in [6, 6.07) is -0.0517. The van der Waals surface area contributed by atoms with E-state index in [-0.39, 0.29) is 17.8 Å². The Kier molecular flexibility index (Phi) is 6.23. The van der Waals surface area contributed by atoms with Gasteiger partial charge in [-0.3, -0.25) is 0 Å². The lowest BCUT2D eigenvalue weighted by atomic mass is 10.2. The van der Waals surface area contributed by atoms with Crippen LogP contribution in [0.4, 0.5) is 13.2 Å². The van der Waals surface area contributed by atoms with Crippen molar-refractivity contribution >= 4 is 0 Å². The summed E-state index contributed by atoms with van der Waals surface area (Å²) < 4.78 is 46.3. The number of aromatic nitrogens is 2. The Morgan fingerprint density at radius 2 is 2.16 bits per heavy atom. The van der Waals surface area contributed by atoms with Crippen LogP contribution in [0.1, 0.15) is 25.1 Å². The molecule has 0 aliphatic heterocycles. The maximum absolute atomic E-state index is 12.1. The van der Waals surface area contributed by atoms with Gasteiger partial charge < -0.3 is 14.6 Å². The van der Waals surface area contributed by atoms with E-state index >= 15 is 0 Å². The van der Waals surface area contributed by atoms with E-state index in [0.717, 1.165) is 13.0 Å². The van der Waals surface area contributed by atoms with E-state index < -0.39 is 12.6 Å². The lowest BCUT2D eigenvalue weighted by Crippen LogP contribution is -2.35. The molecule has 1 aromatic rings. The van der Waals surface area contributed by atoms with Crippen LogP contribution in [-0.4, -0.2) is 42.6 Å². The van der Waals surface area contributed by atoms with Gasteiger partial charge in [0.15, 0.2) is 5.82 Å². The zero-order valence-electron chi connectivity index (χ0n) is 11.0. The van der Waals surface area contributed by atoms with Crippen molar-refractivity contribution in [2.75, 3.05) is 20.3 Å². The van der Waals surface area contributed by atoms with Crippen LogP contribution >= 0.6 is 0 Å². The van der Waals surface area contributed by atoms with Crippen LogP contribution in [0, 0.1) is 0 Å². The van der Waals surface area contributed by atoms with Crippen molar-refractivity contribution in [3.8, 4) is 0 Å². The fraction of sp³-hybridized carbons (Fsp3) is 0.818. The Morgan fingerprint density at radius 1 is 1.42 bits per heavy atom. The first kappa shape index (κ1) is 15.9. The lowest BCUT2D eigenvalue weighted by Gasteiger charge is -2.15. The van der Waals surface area contributed by atoms with Crippen molar-refractivity contribution in [3.63, 3.8) is 0 Å². The molecule has 1 N–H and O–H groups in total. The summed E-state index contributed by atoms with van der Waals surface area (Å²) in [5.74, 6) is -0.154. The van der Waals surface area contributed by atoms with Crippen LogP contribution < -0.4 is 5.32 Å². The fourth-order valence-electron chi connectivity index (χ4n) is 1.57. The average molecular weight is 281 g/mol. The van der Waals surface area contributed by atoms with Crippen molar-refractivity contribution in [3.05, 3.63) is 11.7 Å². The number of methoxy groups -OCH3 is 1. The molecule has 1 heterocycles. The van der Waals surface area contributed by atoms with Gasteiger partial charge in [0.2, 0.25) is 5.89 Å². The molecule has 0 radical (unpaired) electrons. The number of ether oxygens (including phenoxy) is 1. The van der Waals surface area contributed by atoms with Crippen LogP contribution in [0.15, 0.2) is 4.52 Å². The molecule has 0 aliphatic carbocycles. The molecule has 5 nitrogen and oxygen atoms in total. The van der Waals surface area contributed by atoms with Crippen molar-refractivity contribution in [2.45, 2.75) is 38.4 Å². The van der Waals surface area contributed by atoms with E-state index in [9.17, 15) is 13.2 Å². The molecule has 0 bridgehead atoms. The SMILES string of the molecule is CCCNC(COC)Cc1nc(CC(F)(F)F)no1. The number of halogens is 3. The van der Waals surface area contributed by atoms with Gasteiger partial charge in [-0.05, 0) is 13.0 Å². The molecule has 1 unspecified atom stereocenters. The van der Waals surface area contributed by atoms with Crippen LogP contribution in [0.2, 0.25) is 0 Å². The molecular formula is C11H18F3N3O2. The number of nitrogens with zero attached hydrogens (tertiary/aromatic N) is 2. The van der Waals surface area contributed by atoms with E-state index in [1.807, 2.05) is 6.92 Å². The highest BCUT2D eigenvalue weighted by molar-refractivity contribution is 4.91. The topological polar surface area (TPSA) is 60.2 Å². The zero-order valence-corrected chi connectivity index (χ0v) is 11.0. The summed E-state index contributed by atoms with van der Waals surface area (Å²) in [5, 5.41) is 6.52. The first-order valence-corrected chi connectivity index (χ1v) is 6.05. The summed E-state index contributed by atoms with van der Waals surface area (Å²) in [7, 11) is 1.56. The second-order valence-electron chi connectivity index (χ2n) is 4.21. The third-order valence-corrected chi connectivity index (χ3v) is 2.34. The summed E-state index contributed by atoms with van der Waals surface area (Å²) in [4.78, 5) is 3.73.